The second-order valence-electron chi connectivity index (χ2n) is 2.80. The van der Waals surface area contributed by atoms with E-state index in [2.05, 4.69) is 4.74 Å². The monoisotopic (exact) mass is 286 g/mol. The summed E-state index contributed by atoms with van der Waals surface area (Å²) in [5, 5.41) is 8.93. The molecule has 0 atom stereocenters. The van der Waals surface area contributed by atoms with Gasteiger partial charge < -0.3 is 4.74 Å². The van der Waals surface area contributed by atoms with Crippen molar-refractivity contribution < 1.29 is 27.6 Å². The number of alkyl halides is 3. The number of H-pyrrole nitrogens is 1. The van der Waals surface area contributed by atoms with Crippen LogP contribution in [0.1, 0.15) is 10.4 Å². The van der Waals surface area contributed by atoms with Gasteiger partial charge in [0.15, 0.2) is 5.56 Å². The molecular formula is C7H2ClF3N2O5. The van der Waals surface area contributed by atoms with Crippen LogP contribution in [0, 0.1) is 10.1 Å². The third kappa shape index (κ3) is 3.20. The van der Waals surface area contributed by atoms with Crippen LogP contribution in [0.4, 0.5) is 18.9 Å². The summed E-state index contributed by atoms with van der Waals surface area (Å²) in [5.74, 6) is -1.43. The van der Waals surface area contributed by atoms with E-state index in [0.29, 0.717) is 6.07 Å². The number of aromatic nitrogens is 1. The molecule has 0 saturated heterocycles. The van der Waals surface area contributed by atoms with Crippen LogP contribution in [0.2, 0.25) is 0 Å². The molecule has 11 heteroatoms. The summed E-state index contributed by atoms with van der Waals surface area (Å²) in [4.78, 5) is 32.6. The molecule has 0 amide bonds. The number of hydrogen-bond donors (Lipinski definition) is 1. The Hall–Kier alpha value is -2.10. The average molecular weight is 287 g/mol. The fourth-order valence-electron chi connectivity index (χ4n) is 1.05. The summed E-state index contributed by atoms with van der Waals surface area (Å²) in [7, 11) is 0. The number of halogens is 4. The number of carbonyl (C=O) groups is 1. The number of ether oxygens (including phenoxy) is 1. The van der Waals surface area contributed by atoms with E-state index in [-0.39, 0.29) is 0 Å². The van der Waals surface area contributed by atoms with Gasteiger partial charge in [0.25, 0.3) is 16.5 Å². The van der Waals surface area contributed by atoms with Crippen LogP contribution >= 0.6 is 11.6 Å². The largest absolute Gasteiger partial charge is 0.574 e. The molecule has 18 heavy (non-hydrogen) atoms. The van der Waals surface area contributed by atoms with Gasteiger partial charge in [0.1, 0.15) is 0 Å². The lowest BCUT2D eigenvalue weighted by atomic mass is 10.2. The van der Waals surface area contributed by atoms with Crippen molar-refractivity contribution in [1.82, 2.24) is 4.98 Å². The lowest BCUT2D eigenvalue weighted by molar-refractivity contribution is -0.385. The number of pyridine rings is 1. The molecule has 0 radical (unpaired) electrons. The van der Waals surface area contributed by atoms with Crippen LogP contribution in [0.25, 0.3) is 0 Å². The van der Waals surface area contributed by atoms with Gasteiger partial charge in [-0.15, -0.1) is 13.2 Å². The maximum absolute atomic E-state index is 12.0. The molecule has 0 fully saturated rings. The predicted octanol–water partition coefficient (Wildman–Crippen LogP) is 1.56. The Bertz CT molecular complexity index is 567. The van der Waals surface area contributed by atoms with Gasteiger partial charge in [-0.3, -0.25) is 24.7 Å². The van der Waals surface area contributed by atoms with Crippen molar-refractivity contribution in [2.24, 2.45) is 0 Å². The maximum atomic E-state index is 12.0. The molecule has 1 aromatic heterocycles. The van der Waals surface area contributed by atoms with E-state index < -0.39 is 39.2 Å². The van der Waals surface area contributed by atoms with Crippen LogP contribution in [0.3, 0.4) is 0 Å². The molecule has 7 nitrogen and oxygen atoms in total. The van der Waals surface area contributed by atoms with Gasteiger partial charge >= 0.3 is 6.36 Å². The van der Waals surface area contributed by atoms with Gasteiger partial charge in [-0.1, -0.05) is 0 Å². The minimum atomic E-state index is -5.25. The van der Waals surface area contributed by atoms with E-state index in [0.717, 1.165) is 0 Å². The van der Waals surface area contributed by atoms with E-state index in [1.165, 1.54) is 4.98 Å². The first-order valence-electron chi connectivity index (χ1n) is 3.99. The highest BCUT2D eigenvalue weighted by Gasteiger charge is 2.36. The molecule has 0 unspecified atom stereocenters. The fourth-order valence-corrected chi connectivity index (χ4v) is 1.23. The number of rotatable bonds is 3. The molecule has 0 aliphatic heterocycles. The van der Waals surface area contributed by atoms with Crippen LogP contribution in [0.15, 0.2) is 10.9 Å². The zero-order valence-electron chi connectivity index (χ0n) is 8.08. The maximum Gasteiger partial charge on any atom is 0.574 e. The standard InChI is InChI=1S/C7H2ClF3N2O5/c8-5(15)4-2(13(16)17)1-3(14)12-6(4)18-7(9,10)11/h1H,(H,12,14). The van der Waals surface area contributed by atoms with E-state index in [1.54, 1.807) is 0 Å². The van der Waals surface area contributed by atoms with Crippen molar-refractivity contribution in [2.75, 3.05) is 0 Å². The van der Waals surface area contributed by atoms with Crippen LogP contribution < -0.4 is 10.3 Å². The second kappa shape index (κ2) is 4.64. The molecule has 0 aromatic carbocycles. The van der Waals surface area contributed by atoms with Crippen molar-refractivity contribution in [3.63, 3.8) is 0 Å². The van der Waals surface area contributed by atoms with Crippen LogP contribution in [0.5, 0.6) is 5.88 Å². The molecule has 0 bridgehead atoms. The predicted molar refractivity (Wildman–Crippen MR) is 50.6 cm³/mol. The van der Waals surface area contributed by atoms with Crippen molar-refractivity contribution in [1.29, 1.82) is 0 Å². The highest BCUT2D eigenvalue weighted by Crippen LogP contribution is 2.30. The molecule has 0 spiro atoms. The normalized spacial score (nSPS) is 11.1. The third-order valence-electron chi connectivity index (χ3n) is 1.60. The van der Waals surface area contributed by atoms with Gasteiger partial charge in [0.05, 0.1) is 11.0 Å². The average Bonchev–Trinajstić information content (AvgIpc) is 2.12. The van der Waals surface area contributed by atoms with E-state index in [4.69, 9.17) is 11.6 Å². The second-order valence-corrected chi connectivity index (χ2v) is 3.14. The Morgan fingerprint density at radius 3 is 2.44 bits per heavy atom. The number of aromatic amines is 1. The van der Waals surface area contributed by atoms with Gasteiger partial charge in [0, 0.05) is 0 Å². The number of nitrogens with one attached hydrogen (secondary N) is 1. The SMILES string of the molecule is O=C(Cl)c1c([N+](=O)[O-])cc(=O)[nH]c1OC(F)(F)F. The van der Waals surface area contributed by atoms with Crippen LogP contribution in [-0.2, 0) is 0 Å². The Morgan fingerprint density at radius 2 is 2.06 bits per heavy atom. The molecule has 0 aliphatic rings. The quantitative estimate of drug-likeness (QED) is 0.516. The molecule has 1 rings (SSSR count). The topological polar surface area (TPSA) is 102 Å². The molecule has 1 N–H and O–H groups in total. The Balaban J connectivity index is 3.54. The summed E-state index contributed by atoms with van der Waals surface area (Å²) in [5.41, 5.74) is -3.61. The molecule has 1 aromatic rings. The first kappa shape index (κ1) is 14.0. The van der Waals surface area contributed by atoms with Gasteiger partial charge in [-0.2, -0.15) is 0 Å². The summed E-state index contributed by atoms with van der Waals surface area (Å²) in [6, 6.07) is 0.318. The van der Waals surface area contributed by atoms with Gasteiger partial charge in [-0.25, -0.2) is 0 Å². The summed E-state index contributed by atoms with van der Waals surface area (Å²) in [6.45, 7) is 0. The Morgan fingerprint density at radius 1 is 1.50 bits per heavy atom. The van der Waals surface area contributed by atoms with Crippen molar-refractivity contribution in [3.8, 4) is 5.88 Å². The number of hydrogen-bond acceptors (Lipinski definition) is 5. The fraction of sp³-hybridized carbons (Fsp3) is 0.143. The van der Waals surface area contributed by atoms with Crippen LogP contribution in [-0.4, -0.2) is 21.5 Å². The lowest BCUT2D eigenvalue weighted by Gasteiger charge is -2.10. The summed E-state index contributed by atoms with van der Waals surface area (Å²) >= 11 is 4.93. The van der Waals surface area contributed by atoms with Gasteiger partial charge in [-0.05, 0) is 11.6 Å². The highest BCUT2D eigenvalue weighted by atomic mass is 35.5. The highest BCUT2D eigenvalue weighted by molar-refractivity contribution is 6.68. The lowest BCUT2D eigenvalue weighted by Crippen LogP contribution is -2.22. The minimum absolute atomic E-state index is 0.318. The minimum Gasteiger partial charge on any atom is -0.389 e. The van der Waals surface area contributed by atoms with Crippen molar-refractivity contribution in [3.05, 3.63) is 32.1 Å². The molecule has 98 valence electrons. The summed E-state index contributed by atoms with van der Waals surface area (Å²) < 4.78 is 39.2. The zero-order chi connectivity index (χ0) is 14.1. The Labute approximate surface area is 100 Å². The number of nitro groups is 1. The van der Waals surface area contributed by atoms with E-state index in [9.17, 15) is 32.9 Å². The molecule has 1 heterocycles. The first-order valence-corrected chi connectivity index (χ1v) is 4.37. The molecule has 0 saturated carbocycles. The van der Waals surface area contributed by atoms with E-state index >= 15 is 0 Å². The number of carbonyl (C=O) groups excluding carboxylic acids is 1. The summed E-state index contributed by atoms with van der Waals surface area (Å²) in [6.07, 6.45) is -5.25. The Kier molecular flexibility index (Phi) is 3.60. The number of nitrogens with zero attached hydrogens (tertiary/aromatic N) is 1. The smallest absolute Gasteiger partial charge is 0.389 e. The molecular weight excluding hydrogens is 285 g/mol. The first-order chi connectivity index (χ1) is 8.11. The van der Waals surface area contributed by atoms with Gasteiger partial charge in [0.2, 0.25) is 5.88 Å². The van der Waals surface area contributed by atoms with Crippen molar-refractivity contribution in [2.45, 2.75) is 6.36 Å². The van der Waals surface area contributed by atoms with E-state index in [1.807, 2.05) is 0 Å². The third-order valence-corrected chi connectivity index (χ3v) is 1.79. The van der Waals surface area contributed by atoms with Crippen molar-refractivity contribution >= 4 is 22.5 Å². The zero-order valence-corrected chi connectivity index (χ0v) is 8.83. The molecule has 0 aliphatic carbocycles.